The molecular weight excluding hydrogens is 332 g/mol. The summed E-state index contributed by atoms with van der Waals surface area (Å²) in [6.45, 7) is 8.74. The normalized spacial score (nSPS) is 31.2. The molecule has 0 spiro atoms. The van der Waals surface area contributed by atoms with Crippen LogP contribution in [0.4, 0.5) is 0 Å². The number of nitrogens with one attached hydrogen (secondary N) is 1. The third kappa shape index (κ3) is 3.50. The molecule has 144 valence electrons. The predicted octanol–water partition coefficient (Wildman–Crippen LogP) is 0.446. The van der Waals surface area contributed by atoms with Crippen LogP contribution in [-0.2, 0) is 4.79 Å². The maximum absolute atomic E-state index is 12.5. The second kappa shape index (κ2) is 7.62. The van der Waals surface area contributed by atoms with Crippen molar-refractivity contribution in [3.05, 3.63) is 11.7 Å². The van der Waals surface area contributed by atoms with E-state index in [-0.39, 0.29) is 17.9 Å². The number of hydrogen-bond acceptors (Lipinski definition) is 7. The van der Waals surface area contributed by atoms with E-state index in [2.05, 4.69) is 39.2 Å². The van der Waals surface area contributed by atoms with E-state index in [1.54, 1.807) is 0 Å². The maximum atomic E-state index is 12.5. The summed E-state index contributed by atoms with van der Waals surface area (Å²) in [5.74, 6) is 1.60. The summed E-state index contributed by atoms with van der Waals surface area (Å²) in [4.78, 5) is 23.9. The minimum Gasteiger partial charge on any atom is -0.340 e. The molecule has 3 unspecified atom stereocenters. The molecule has 8 heteroatoms. The molecule has 0 saturated carbocycles. The highest BCUT2D eigenvalue weighted by Crippen LogP contribution is 2.30. The number of carbonyl (C=O) groups excluding carboxylic acids is 1. The highest BCUT2D eigenvalue weighted by atomic mass is 16.5. The van der Waals surface area contributed by atoms with Gasteiger partial charge in [-0.2, -0.15) is 4.98 Å². The number of nitrogens with zero attached hydrogens (tertiary/aromatic N) is 5. The van der Waals surface area contributed by atoms with Crippen LogP contribution in [0.2, 0.25) is 0 Å². The van der Waals surface area contributed by atoms with E-state index in [1.165, 1.54) is 12.8 Å². The van der Waals surface area contributed by atoms with Crippen molar-refractivity contribution < 1.29 is 9.32 Å². The van der Waals surface area contributed by atoms with Gasteiger partial charge in [-0.25, -0.2) is 0 Å². The van der Waals surface area contributed by atoms with Gasteiger partial charge in [0.2, 0.25) is 11.8 Å². The van der Waals surface area contributed by atoms with Crippen LogP contribution in [0.5, 0.6) is 0 Å². The van der Waals surface area contributed by atoms with E-state index in [0.717, 1.165) is 45.1 Å². The second-order valence-electron chi connectivity index (χ2n) is 7.82. The first kappa shape index (κ1) is 17.9. The second-order valence-corrected chi connectivity index (χ2v) is 7.82. The Balaban J connectivity index is 1.39. The molecule has 8 nitrogen and oxygen atoms in total. The van der Waals surface area contributed by atoms with Crippen LogP contribution in [0.15, 0.2) is 4.52 Å². The number of aromatic nitrogens is 2. The molecule has 0 aromatic carbocycles. The van der Waals surface area contributed by atoms with Crippen molar-refractivity contribution in [3.8, 4) is 0 Å². The molecule has 4 rings (SSSR count). The lowest BCUT2D eigenvalue weighted by molar-refractivity contribution is -0.128. The zero-order chi connectivity index (χ0) is 18.1. The van der Waals surface area contributed by atoms with E-state index in [4.69, 9.17) is 4.52 Å². The van der Waals surface area contributed by atoms with Gasteiger partial charge in [0, 0.05) is 45.2 Å². The van der Waals surface area contributed by atoms with Gasteiger partial charge in [0.1, 0.15) is 0 Å². The van der Waals surface area contributed by atoms with Crippen LogP contribution in [0, 0.1) is 0 Å². The highest BCUT2D eigenvalue weighted by Gasteiger charge is 2.37. The number of carbonyl (C=O) groups is 1. The molecule has 3 aliphatic rings. The fraction of sp³-hybridized carbons (Fsp3) is 0.833. The number of amides is 1. The molecule has 0 bridgehead atoms. The molecule has 1 N–H and O–H groups in total. The molecule has 4 heterocycles. The molecule has 0 aliphatic carbocycles. The fourth-order valence-electron chi connectivity index (χ4n) is 4.53. The first-order chi connectivity index (χ1) is 12.7. The lowest BCUT2D eigenvalue weighted by atomic mass is 10.1. The Labute approximate surface area is 154 Å². The SMILES string of the molecule is CCN1CCCC1CN1CC(c2nc(C3CNCCN3C)no2)CC1=O. The monoisotopic (exact) mass is 362 g/mol. The predicted molar refractivity (Wildman–Crippen MR) is 96.7 cm³/mol. The van der Waals surface area contributed by atoms with E-state index < -0.39 is 0 Å². The van der Waals surface area contributed by atoms with Gasteiger partial charge < -0.3 is 14.7 Å². The largest absolute Gasteiger partial charge is 0.340 e. The van der Waals surface area contributed by atoms with E-state index in [1.807, 2.05) is 4.90 Å². The minimum absolute atomic E-state index is 0.0297. The van der Waals surface area contributed by atoms with Crippen LogP contribution >= 0.6 is 0 Å². The molecule has 1 amide bonds. The van der Waals surface area contributed by atoms with Crippen molar-refractivity contribution in [1.29, 1.82) is 0 Å². The van der Waals surface area contributed by atoms with Gasteiger partial charge in [0.25, 0.3) is 0 Å². The summed E-state index contributed by atoms with van der Waals surface area (Å²) < 4.78 is 5.55. The Hall–Kier alpha value is -1.51. The summed E-state index contributed by atoms with van der Waals surface area (Å²) in [6, 6.07) is 0.647. The van der Waals surface area contributed by atoms with Gasteiger partial charge in [-0.15, -0.1) is 0 Å². The molecule has 3 atom stereocenters. The van der Waals surface area contributed by atoms with Crippen LogP contribution in [0.25, 0.3) is 0 Å². The number of likely N-dealkylation sites (tertiary alicyclic amines) is 2. The summed E-state index contributed by atoms with van der Waals surface area (Å²) in [7, 11) is 2.09. The molecule has 1 aromatic rings. The average Bonchev–Trinajstić information content (AvgIpc) is 3.36. The Bertz CT molecular complexity index is 635. The van der Waals surface area contributed by atoms with Crippen molar-refractivity contribution >= 4 is 5.91 Å². The van der Waals surface area contributed by atoms with Crippen LogP contribution in [0.3, 0.4) is 0 Å². The Morgan fingerprint density at radius 3 is 3.04 bits per heavy atom. The highest BCUT2D eigenvalue weighted by molar-refractivity contribution is 5.79. The maximum Gasteiger partial charge on any atom is 0.232 e. The Kier molecular flexibility index (Phi) is 5.24. The zero-order valence-electron chi connectivity index (χ0n) is 15.9. The van der Waals surface area contributed by atoms with Crippen LogP contribution < -0.4 is 5.32 Å². The topological polar surface area (TPSA) is 77.7 Å². The molecule has 0 radical (unpaired) electrons. The molecule has 3 aliphatic heterocycles. The van der Waals surface area contributed by atoms with Crippen molar-refractivity contribution in [3.63, 3.8) is 0 Å². The average molecular weight is 362 g/mol. The third-order valence-corrected chi connectivity index (χ3v) is 6.17. The lowest BCUT2D eigenvalue weighted by Crippen LogP contribution is -2.44. The number of piperazine rings is 1. The number of likely N-dealkylation sites (N-methyl/N-ethyl adjacent to an activating group) is 2. The van der Waals surface area contributed by atoms with E-state index in [9.17, 15) is 4.79 Å². The lowest BCUT2D eigenvalue weighted by Gasteiger charge is -2.30. The van der Waals surface area contributed by atoms with Gasteiger partial charge in [0.15, 0.2) is 5.82 Å². The van der Waals surface area contributed by atoms with E-state index >= 15 is 0 Å². The van der Waals surface area contributed by atoms with Gasteiger partial charge in [-0.1, -0.05) is 12.1 Å². The number of hydrogen-bond donors (Lipinski definition) is 1. The molecule has 3 saturated heterocycles. The summed E-state index contributed by atoms with van der Waals surface area (Å²) in [6.07, 6.45) is 2.91. The molecular formula is C18H30N6O2. The Morgan fingerprint density at radius 1 is 1.35 bits per heavy atom. The third-order valence-electron chi connectivity index (χ3n) is 6.17. The summed E-state index contributed by atoms with van der Waals surface area (Å²) in [5.41, 5.74) is 0. The van der Waals surface area contributed by atoms with Crippen LogP contribution in [-0.4, -0.2) is 89.7 Å². The summed E-state index contributed by atoms with van der Waals surface area (Å²) in [5, 5.41) is 7.58. The van der Waals surface area contributed by atoms with Crippen molar-refractivity contribution in [2.45, 2.75) is 44.2 Å². The van der Waals surface area contributed by atoms with Crippen LogP contribution in [0.1, 0.15) is 49.9 Å². The quantitative estimate of drug-likeness (QED) is 0.815. The summed E-state index contributed by atoms with van der Waals surface area (Å²) >= 11 is 0. The van der Waals surface area contributed by atoms with Crippen molar-refractivity contribution in [1.82, 2.24) is 30.2 Å². The zero-order valence-corrected chi connectivity index (χ0v) is 15.9. The van der Waals surface area contributed by atoms with Gasteiger partial charge >= 0.3 is 0 Å². The molecule has 3 fully saturated rings. The van der Waals surface area contributed by atoms with E-state index in [0.29, 0.717) is 24.9 Å². The van der Waals surface area contributed by atoms with Crippen molar-refractivity contribution in [2.75, 3.05) is 52.9 Å². The van der Waals surface area contributed by atoms with Gasteiger partial charge in [-0.05, 0) is 33.0 Å². The standard InChI is InChI=1S/C18H30N6O2/c1-3-23-7-4-5-14(23)12-24-11-13(9-16(24)25)18-20-17(21-26-18)15-10-19-6-8-22(15)2/h13-15,19H,3-12H2,1-2H3. The smallest absolute Gasteiger partial charge is 0.232 e. The minimum atomic E-state index is 0.0297. The fourth-order valence-corrected chi connectivity index (χ4v) is 4.53. The number of rotatable bonds is 5. The molecule has 26 heavy (non-hydrogen) atoms. The Morgan fingerprint density at radius 2 is 2.23 bits per heavy atom. The first-order valence-electron chi connectivity index (χ1n) is 9.92. The van der Waals surface area contributed by atoms with Gasteiger partial charge in [0.05, 0.1) is 12.0 Å². The molecule has 1 aromatic heterocycles. The first-order valence-corrected chi connectivity index (χ1v) is 9.92. The van der Waals surface area contributed by atoms with Crippen molar-refractivity contribution in [2.24, 2.45) is 0 Å². The van der Waals surface area contributed by atoms with Gasteiger partial charge in [-0.3, -0.25) is 14.6 Å².